The smallest absolute Gasteiger partial charge is 0.159 e. The summed E-state index contributed by atoms with van der Waals surface area (Å²) in [4.78, 5) is 2.25. The predicted molar refractivity (Wildman–Crippen MR) is 74.3 cm³/mol. The average molecular weight is 284 g/mol. The van der Waals surface area contributed by atoms with E-state index in [1.54, 1.807) is 13.2 Å². The van der Waals surface area contributed by atoms with Crippen LogP contribution >= 0.6 is 0 Å². The highest BCUT2D eigenvalue weighted by atomic mass is 19.2. The van der Waals surface area contributed by atoms with Crippen molar-refractivity contribution in [3.05, 3.63) is 35.4 Å². The maximum absolute atomic E-state index is 13.4. The Balaban J connectivity index is 2.03. The zero-order valence-electron chi connectivity index (χ0n) is 11.8. The molecule has 2 rings (SSSR count). The summed E-state index contributed by atoms with van der Waals surface area (Å²) in [5.41, 5.74) is 6.58. The van der Waals surface area contributed by atoms with Crippen LogP contribution in [0.2, 0.25) is 0 Å². The second kappa shape index (κ2) is 7.11. The van der Waals surface area contributed by atoms with Gasteiger partial charge in [-0.3, -0.25) is 4.90 Å². The summed E-state index contributed by atoms with van der Waals surface area (Å²) in [6.07, 6.45) is 2.10. The lowest BCUT2D eigenvalue weighted by atomic mass is 9.95. The molecule has 1 atom stereocenters. The van der Waals surface area contributed by atoms with Crippen molar-refractivity contribution in [1.82, 2.24) is 4.90 Å². The van der Waals surface area contributed by atoms with Gasteiger partial charge in [-0.2, -0.15) is 0 Å². The monoisotopic (exact) mass is 284 g/mol. The fourth-order valence-electron chi connectivity index (χ4n) is 2.88. The van der Waals surface area contributed by atoms with Gasteiger partial charge in [0.2, 0.25) is 0 Å². The molecule has 112 valence electrons. The van der Waals surface area contributed by atoms with Crippen LogP contribution in [0.15, 0.2) is 18.2 Å². The van der Waals surface area contributed by atoms with Gasteiger partial charge in [0.1, 0.15) is 0 Å². The maximum atomic E-state index is 13.4. The summed E-state index contributed by atoms with van der Waals surface area (Å²) >= 11 is 0. The minimum atomic E-state index is -0.816. The summed E-state index contributed by atoms with van der Waals surface area (Å²) in [7, 11) is 1.72. The number of benzene rings is 1. The average Bonchev–Trinajstić information content (AvgIpc) is 2.46. The molecule has 1 heterocycles. The van der Waals surface area contributed by atoms with Crippen molar-refractivity contribution in [2.45, 2.75) is 18.9 Å². The van der Waals surface area contributed by atoms with E-state index in [0.717, 1.165) is 38.1 Å². The first kappa shape index (κ1) is 15.4. The molecule has 2 N–H and O–H groups in total. The van der Waals surface area contributed by atoms with Crippen molar-refractivity contribution in [2.24, 2.45) is 11.7 Å². The van der Waals surface area contributed by atoms with Crippen LogP contribution in [0.5, 0.6) is 0 Å². The van der Waals surface area contributed by atoms with Gasteiger partial charge < -0.3 is 10.5 Å². The van der Waals surface area contributed by atoms with E-state index in [1.165, 1.54) is 12.1 Å². The number of halogens is 2. The van der Waals surface area contributed by atoms with E-state index >= 15 is 0 Å². The number of likely N-dealkylation sites (tertiary alicyclic amines) is 1. The molecule has 1 unspecified atom stereocenters. The Labute approximate surface area is 118 Å². The third-order valence-electron chi connectivity index (χ3n) is 4.04. The number of piperidine rings is 1. The van der Waals surface area contributed by atoms with E-state index in [2.05, 4.69) is 4.90 Å². The van der Waals surface area contributed by atoms with Crippen LogP contribution in [0.3, 0.4) is 0 Å². The molecule has 1 aromatic rings. The van der Waals surface area contributed by atoms with Crippen LogP contribution in [-0.4, -0.2) is 38.3 Å². The van der Waals surface area contributed by atoms with E-state index in [9.17, 15) is 8.78 Å². The molecule has 1 aliphatic heterocycles. The fraction of sp³-hybridized carbons (Fsp3) is 0.600. The van der Waals surface area contributed by atoms with Crippen molar-refractivity contribution < 1.29 is 13.5 Å². The maximum Gasteiger partial charge on any atom is 0.159 e. The minimum Gasteiger partial charge on any atom is -0.384 e. The molecule has 3 nitrogen and oxygen atoms in total. The Kier molecular flexibility index (Phi) is 5.46. The highest BCUT2D eigenvalue weighted by Crippen LogP contribution is 2.27. The highest BCUT2D eigenvalue weighted by Gasteiger charge is 2.25. The second-order valence-corrected chi connectivity index (χ2v) is 5.36. The van der Waals surface area contributed by atoms with E-state index in [-0.39, 0.29) is 6.04 Å². The molecule has 1 aliphatic rings. The van der Waals surface area contributed by atoms with Crippen molar-refractivity contribution >= 4 is 0 Å². The summed E-state index contributed by atoms with van der Waals surface area (Å²) < 4.78 is 31.5. The number of nitrogens with zero attached hydrogens (tertiary/aromatic N) is 1. The summed E-state index contributed by atoms with van der Waals surface area (Å²) in [6.45, 7) is 3.01. The van der Waals surface area contributed by atoms with E-state index in [0.29, 0.717) is 12.5 Å². The Morgan fingerprint density at radius 2 is 2.00 bits per heavy atom. The number of nitrogens with two attached hydrogens (primary N) is 1. The van der Waals surface area contributed by atoms with Crippen LogP contribution in [0, 0.1) is 17.6 Å². The fourth-order valence-corrected chi connectivity index (χ4v) is 2.88. The lowest BCUT2D eigenvalue weighted by Gasteiger charge is -2.37. The summed E-state index contributed by atoms with van der Waals surface area (Å²) in [6, 6.07) is 4.00. The molecule has 0 aliphatic carbocycles. The topological polar surface area (TPSA) is 38.5 Å². The summed E-state index contributed by atoms with van der Waals surface area (Å²) in [5, 5.41) is 0. The third-order valence-corrected chi connectivity index (χ3v) is 4.04. The van der Waals surface area contributed by atoms with E-state index < -0.39 is 11.6 Å². The van der Waals surface area contributed by atoms with Gasteiger partial charge in [-0.25, -0.2) is 8.78 Å². The minimum absolute atomic E-state index is 0.0476. The Morgan fingerprint density at radius 1 is 1.30 bits per heavy atom. The second-order valence-electron chi connectivity index (χ2n) is 5.36. The van der Waals surface area contributed by atoms with E-state index in [1.807, 2.05) is 0 Å². The lowest BCUT2D eigenvalue weighted by molar-refractivity contribution is 0.0809. The quantitative estimate of drug-likeness (QED) is 0.902. The Morgan fingerprint density at radius 3 is 2.55 bits per heavy atom. The molecule has 0 bridgehead atoms. The Hall–Kier alpha value is -1.04. The van der Waals surface area contributed by atoms with Crippen LogP contribution < -0.4 is 5.73 Å². The molecular formula is C15H22F2N2O. The molecule has 0 radical (unpaired) electrons. The summed E-state index contributed by atoms with van der Waals surface area (Å²) in [5.74, 6) is -1.04. The zero-order chi connectivity index (χ0) is 14.5. The van der Waals surface area contributed by atoms with Crippen LogP contribution in [0.25, 0.3) is 0 Å². The van der Waals surface area contributed by atoms with E-state index in [4.69, 9.17) is 10.5 Å². The van der Waals surface area contributed by atoms with Crippen LogP contribution in [0.1, 0.15) is 24.4 Å². The molecule has 0 amide bonds. The first-order valence-electron chi connectivity index (χ1n) is 7.03. The molecule has 1 aromatic carbocycles. The molecule has 1 saturated heterocycles. The molecule has 0 saturated carbocycles. The van der Waals surface area contributed by atoms with Gasteiger partial charge >= 0.3 is 0 Å². The molecule has 20 heavy (non-hydrogen) atoms. The number of hydrogen-bond acceptors (Lipinski definition) is 3. The number of rotatable bonds is 5. The first-order chi connectivity index (χ1) is 9.65. The number of methoxy groups -OCH3 is 1. The largest absolute Gasteiger partial charge is 0.384 e. The van der Waals surface area contributed by atoms with Gasteiger partial charge in [0.15, 0.2) is 11.6 Å². The molecule has 1 fully saturated rings. The van der Waals surface area contributed by atoms with Crippen LogP contribution in [-0.2, 0) is 4.74 Å². The third kappa shape index (κ3) is 3.53. The molecular weight excluding hydrogens is 262 g/mol. The van der Waals surface area contributed by atoms with Crippen molar-refractivity contribution in [3.63, 3.8) is 0 Å². The van der Waals surface area contributed by atoms with Gasteiger partial charge in [0.05, 0.1) is 0 Å². The lowest BCUT2D eigenvalue weighted by Crippen LogP contribution is -2.40. The Bertz CT molecular complexity index is 434. The van der Waals surface area contributed by atoms with Gasteiger partial charge in [-0.15, -0.1) is 0 Å². The first-order valence-corrected chi connectivity index (χ1v) is 7.03. The predicted octanol–water partition coefficient (Wildman–Crippen LogP) is 2.32. The number of hydrogen-bond donors (Lipinski definition) is 1. The van der Waals surface area contributed by atoms with Crippen molar-refractivity contribution in [3.8, 4) is 0 Å². The van der Waals surface area contributed by atoms with Crippen LogP contribution in [0.4, 0.5) is 8.78 Å². The zero-order valence-corrected chi connectivity index (χ0v) is 11.8. The van der Waals surface area contributed by atoms with Gasteiger partial charge in [-0.05, 0) is 49.5 Å². The number of ether oxygens (including phenoxy) is 1. The van der Waals surface area contributed by atoms with Crippen molar-refractivity contribution in [2.75, 3.05) is 33.4 Å². The molecule has 5 heteroatoms. The van der Waals surface area contributed by atoms with Gasteiger partial charge in [0, 0.05) is 26.3 Å². The molecule has 0 spiro atoms. The molecule has 0 aromatic heterocycles. The normalized spacial score (nSPS) is 19.2. The SMILES string of the molecule is COCC1CCN(C(CN)c2ccc(F)c(F)c2)CC1. The highest BCUT2D eigenvalue weighted by molar-refractivity contribution is 5.22. The van der Waals surface area contributed by atoms with Gasteiger partial charge in [-0.1, -0.05) is 6.07 Å². The standard InChI is InChI=1S/C15H22F2N2O/c1-20-10-11-4-6-19(7-5-11)15(9-18)12-2-3-13(16)14(17)8-12/h2-3,8,11,15H,4-7,9-10,18H2,1H3. The van der Waals surface area contributed by atoms with Crippen molar-refractivity contribution in [1.29, 1.82) is 0 Å². The van der Waals surface area contributed by atoms with Gasteiger partial charge in [0.25, 0.3) is 0 Å².